The molecule has 0 atom stereocenters. The third-order valence-corrected chi connectivity index (χ3v) is 4.03. The highest BCUT2D eigenvalue weighted by molar-refractivity contribution is 6.31. The van der Waals surface area contributed by atoms with E-state index in [1.54, 1.807) is 0 Å². The lowest BCUT2D eigenvalue weighted by Crippen LogP contribution is -2.23. The normalized spacial score (nSPS) is 12.7. The van der Waals surface area contributed by atoms with Gasteiger partial charge in [-0.25, -0.2) is 0 Å². The third-order valence-electron chi connectivity index (χ3n) is 4.03. The number of phenols is 4. The first kappa shape index (κ1) is 15.4. The van der Waals surface area contributed by atoms with Crippen LogP contribution in [0.3, 0.4) is 0 Å². The van der Waals surface area contributed by atoms with Crippen LogP contribution in [0, 0.1) is 6.92 Å². The predicted molar refractivity (Wildman–Crippen MR) is 82.8 cm³/mol. The lowest BCUT2D eigenvalue weighted by Gasteiger charge is -2.23. The SMILES string of the molecule is C=C(O)c1c(O)cc2c(c1C)C(=O)c1c(O)cc(O)c(O)c1C2=O. The molecule has 0 amide bonds. The van der Waals surface area contributed by atoms with Crippen LogP contribution in [0.4, 0.5) is 0 Å². The molecule has 0 spiro atoms. The molecule has 2 aromatic rings. The summed E-state index contributed by atoms with van der Waals surface area (Å²) in [7, 11) is 0. The number of hydrogen-bond acceptors (Lipinski definition) is 7. The molecule has 7 heteroatoms. The first-order valence-electron chi connectivity index (χ1n) is 6.78. The van der Waals surface area contributed by atoms with Crippen LogP contribution < -0.4 is 0 Å². The molecule has 0 unspecified atom stereocenters. The molecule has 2 aromatic carbocycles. The van der Waals surface area contributed by atoms with Gasteiger partial charge in [0.2, 0.25) is 0 Å². The summed E-state index contributed by atoms with van der Waals surface area (Å²) in [6.07, 6.45) is 0. The maximum atomic E-state index is 12.7. The summed E-state index contributed by atoms with van der Waals surface area (Å²) >= 11 is 0. The van der Waals surface area contributed by atoms with Crippen molar-refractivity contribution in [3.8, 4) is 23.0 Å². The Morgan fingerprint density at radius 2 is 1.50 bits per heavy atom. The molecule has 1 aliphatic rings. The van der Waals surface area contributed by atoms with Crippen molar-refractivity contribution < 1.29 is 35.1 Å². The largest absolute Gasteiger partial charge is 0.508 e. The Labute approximate surface area is 135 Å². The minimum Gasteiger partial charge on any atom is -0.508 e. The minimum atomic E-state index is -0.850. The number of hydrogen-bond donors (Lipinski definition) is 5. The summed E-state index contributed by atoms with van der Waals surface area (Å²) < 4.78 is 0. The van der Waals surface area contributed by atoms with Crippen LogP contribution in [0.25, 0.3) is 5.76 Å². The Kier molecular flexibility index (Phi) is 3.06. The summed E-state index contributed by atoms with van der Waals surface area (Å²) in [5.74, 6) is -4.84. The Morgan fingerprint density at radius 3 is 2.08 bits per heavy atom. The van der Waals surface area contributed by atoms with Gasteiger partial charge in [-0.15, -0.1) is 0 Å². The lowest BCUT2D eigenvalue weighted by atomic mass is 9.79. The second-order valence-electron chi connectivity index (χ2n) is 5.44. The molecule has 5 N–H and O–H groups in total. The van der Waals surface area contributed by atoms with Crippen molar-refractivity contribution in [2.75, 3.05) is 0 Å². The van der Waals surface area contributed by atoms with Gasteiger partial charge >= 0.3 is 0 Å². The molecule has 0 saturated carbocycles. The maximum absolute atomic E-state index is 12.7. The Morgan fingerprint density at radius 1 is 0.875 bits per heavy atom. The van der Waals surface area contributed by atoms with Gasteiger partial charge in [-0.05, 0) is 18.6 Å². The number of phenolic OH excluding ortho intramolecular Hbond substituents is 4. The first-order chi connectivity index (χ1) is 11.2. The zero-order valence-corrected chi connectivity index (χ0v) is 12.4. The topological polar surface area (TPSA) is 135 Å². The van der Waals surface area contributed by atoms with Crippen molar-refractivity contribution in [1.29, 1.82) is 0 Å². The number of carbonyl (C=O) groups is 2. The zero-order chi connectivity index (χ0) is 17.9. The standard InChI is InChI=1S/C17H12O7/c1-5-11(6(2)18)8(19)3-7-12(5)17(24)13-9(20)4-10(21)16(23)14(13)15(7)22/h3-4,18-21,23H,2H2,1H3. The number of fused-ring (bicyclic) bond motifs is 2. The molecule has 3 rings (SSSR count). The van der Waals surface area contributed by atoms with Crippen molar-refractivity contribution in [1.82, 2.24) is 0 Å². The summed E-state index contributed by atoms with van der Waals surface area (Å²) in [5.41, 5.74) is -1.33. The Hall–Kier alpha value is -3.48. The van der Waals surface area contributed by atoms with Crippen molar-refractivity contribution in [2.24, 2.45) is 0 Å². The van der Waals surface area contributed by atoms with Gasteiger partial charge in [-0.2, -0.15) is 0 Å². The van der Waals surface area contributed by atoms with E-state index >= 15 is 0 Å². The van der Waals surface area contributed by atoms with Crippen molar-refractivity contribution in [3.63, 3.8) is 0 Å². The van der Waals surface area contributed by atoms with Crippen molar-refractivity contribution in [3.05, 3.63) is 52.1 Å². The summed E-state index contributed by atoms with van der Waals surface area (Å²) in [6, 6.07) is 1.73. The second-order valence-corrected chi connectivity index (χ2v) is 5.44. The molecule has 0 aromatic heterocycles. The quantitative estimate of drug-likeness (QED) is 0.262. The van der Waals surface area contributed by atoms with E-state index in [2.05, 4.69) is 6.58 Å². The van der Waals surface area contributed by atoms with Gasteiger partial charge in [0, 0.05) is 17.2 Å². The molecule has 0 radical (unpaired) electrons. The molecule has 1 aliphatic carbocycles. The molecule has 0 bridgehead atoms. The Balaban J connectivity index is 2.45. The molecule has 0 saturated heterocycles. The van der Waals surface area contributed by atoms with Crippen LogP contribution in [0.2, 0.25) is 0 Å². The summed E-state index contributed by atoms with van der Waals surface area (Å²) in [4.78, 5) is 25.4. The van der Waals surface area contributed by atoms with Gasteiger partial charge in [-0.3, -0.25) is 9.59 Å². The molecular formula is C17H12O7. The predicted octanol–water partition coefficient (Wildman–Crippen LogP) is 2.12. The van der Waals surface area contributed by atoms with Gasteiger partial charge in [0.1, 0.15) is 17.3 Å². The van der Waals surface area contributed by atoms with Crippen molar-refractivity contribution in [2.45, 2.75) is 6.92 Å². The van der Waals surface area contributed by atoms with Gasteiger partial charge in [0.15, 0.2) is 23.1 Å². The average molecular weight is 328 g/mol. The van der Waals surface area contributed by atoms with Gasteiger partial charge in [0.25, 0.3) is 0 Å². The molecule has 7 nitrogen and oxygen atoms in total. The van der Waals surface area contributed by atoms with Gasteiger partial charge in [-0.1, -0.05) is 6.58 Å². The molecular weight excluding hydrogens is 316 g/mol. The number of ketones is 2. The maximum Gasteiger partial charge on any atom is 0.198 e. The van der Waals surface area contributed by atoms with E-state index in [9.17, 15) is 35.1 Å². The molecule has 0 fully saturated rings. The fourth-order valence-corrected chi connectivity index (χ4v) is 2.99. The molecule has 24 heavy (non-hydrogen) atoms. The van der Waals surface area contributed by atoms with Crippen LogP contribution in [0.15, 0.2) is 18.7 Å². The highest BCUT2D eigenvalue weighted by Gasteiger charge is 2.38. The minimum absolute atomic E-state index is 0.0964. The highest BCUT2D eigenvalue weighted by Crippen LogP contribution is 2.45. The molecule has 0 aliphatic heterocycles. The van der Waals surface area contributed by atoms with E-state index in [0.717, 1.165) is 12.1 Å². The highest BCUT2D eigenvalue weighted by atomic mass is 16.3. The Bertz CT molecular complexity index is 970. The molecule has 0 heterocycles. The van der Waals surface area contributed by atoms with Gasteiger partial charge in [0.05, 0.1) is 16.7 Å². The van der Waals surface area contributed by atoms with E-state index in [1.165, 1.54) is 6.92 Å². The lowest BCUT2D eigenvalue weighted by molar-refractivity contribution is 0.0972. The fourth-order valence-electron chi connectivity index (χ4n) is 2.99. The molecule has 122 valence electrons. The van der Waals surface area contributed by atoms with E-state index in [1.807, 2.05) is 0 Å². The number of carbonyl (C=O) groups excluding carboxylic acids is 2. The van der Waals surface area contributed by atoms with E-state index in [-0.39, 0.29) is 22.3 Å². The van der Waals surface area contributed by atoms with Gasteiger partial charge < -0.3 is 25.5 Å². The van der Waals surface area contributed by atoms with Crippen LogP contribution in [-0.2, 0) is 0 Å². The number of aliphatic hydroxyl groups is 1. The van der Waals surface area contributed by atoms with Crippen LogP contribution >= 0.6 is 0 Å². The fraction of sp³-hybridized carbons (Fsp3) is 0.0588. The zero-order valence-electron chi connectivity index (χ0n) is 12.4. The summed E-state index contributed by atoms with van der Waals surface area (Å²) in [5, 5.41) is 49.0. The van der Waals surface area contributed by atoms with E-state index < -0.39 is 51.5 Å². The van der Waals surface area contributed by atoms with Crippen LogP contribution in [-0.4, -0.2) is 37.1 Å². The second kappa shape index (κ2) is 4.76. The third kappa shape index (κ3) is 1.78. The average Bonchev–Trinajstić information content (AvgIpc) is 2.47. The first-order valence-corrected chi connectivity index (χ1v) is 6.78. The van der Waals surface area contributed by atoms with E-state index in [4.69, 9.17) is 0 Å². The monoisotopic (exact) mass is 328 g/mol. The number of aliphatic hydroxyl groups excluding tert-OH is 1. The number of rotatable bonds is 1. The van der Waals surface area contributed by atoms with Crippen molar-refractivity contribution >= 4 is 17.3 Å². The number of benzene rings is 2. The smallest absolute Gasteiger partial charge is 0.198 e. The van der Waals surface area contributed by atoms with Crippen LogP contribution in [0.1, 0.15) is 43.0 Å². The van der Waals surface area contributed by atoms with E-state index in [0.29, 0.717) is 0 Å². The van der Waals surface area contributed by atoms with Crippen LogP contribution in [0.5, 0.6) is 23.0 Å². The summed E-state index contributed by atoms with van der Waals surface area (Å²) in [6.45, 7) is 4.71. The number of aromatic hydroxyl groups is 4.